The second-order valence-corrected chi connectivity index (χ2v) is 8.72. The first-order chi connectivity index (χ1) is 13.3. The molecule has 0 atom stereocenters. The maximum Gasteiger partial charge on any atom is 0.241 e. The summed E-state index contributed by atoms with van der Waals surface area (Å²) in [5.74, 6) is 0.421. The summed E-state index contributed by atoms with van der Waals surface area (Å²) in [6.07, 6.45) is 0.0117. The molecule has 0 aromatic carbocycles. The molecule has 0 unspecified atom stereocenters. The number of carbonyl (C=O) groups excluding carboxylic acids is 1. The van der Waals surface area contributed by atoms with Gasteiger partial charge in [0.05, 0.1) is 25.1 Å². The van der Waals surface area contributed by atoms with E-state index in [1.165, 1.54) is 4.31 Å². The maximum absolute atomic E-state index is 12.4. The Balaban J connectivity index is 2.54. The Bertz CT molecular complexity index is 589. The second-order valence-electron chi connectivity index (χ2n) is 6.63. The van der Waals surface area contributed by atoms with Gasteiger partial charge in [-0.1, -0.05) is 0 Å². The van der Waals surface area contributed by atoms with Gasteiger partial charge in [0.15, 0.2) is 5.96 Å². The van der Waals surface area contributed by atoms with Crippen LogP contribution < -0.4 is 10.6 Å². The van der Waals surface area contributed by atoms with Gasteiger partial charge in [-0.15, -0.1) is 0 Å². The quantitative estimate of drug-likeness (QED) is 0.252. The normalized spacial score (nSPS) is 16.5. The Morgan fingerprint density at radius 2 is 1.82 bits per heavy atom. The van der Waals surface area contributed by atoms with Crippen LogP contribution in [0, 0.1) is 0 Å². The molecule has 0 aromatic rings. The van der Waals surface area contributed by atoms with Crippen molar-refractivity contribution in [1.82, 2.24) is 19.8 Å². The number of amides is 1. The van der Waals surface area contributed by atoms with Crippen LogP contribution in [0.4, 0.5) is 0 Å². The Kier molecular flexibility index (Phi) is 11.4. The van der Waals surface area contributed by atoms with Gasteiger partial charge in [-0.2, -0.15) is 4.31 Å². The molecule has 1 heterocycles. The molecular weight excluding hydrogens is 386 g/mol. The Morgan fingerprint density at radius 3 is 2.39 bits per heavy atom. The van der Waals surface area contributed by atoms with Gasteiger partial charge in [-0.3, -0.25) is 4.79 Å². The van der Waals surface area contributed by atoms with Crippen molar-refractivity contribution in [3.05, 3.63) is 0 Å². The first-order valence-electron chi connectivity index (χ1n) is 9.68. The van der Waals surface area contributed by atoms with Crippen LogP contribution in [0.5, 0.6) is 0 Å². The predicted molar refractivity (Wildman–Crippen MR) is 109 cm³/mol. The monoisotopic (exact) mass is 421 g/mol. The number of methoxy groups -OCH3 is 1. The zero-order valence-electron chi connectivity index (χ0n) is 17.4. The average Bonchev–Trinajstić information content (AvgIpc) is 2.65. The molecule has 11 heteroatoms. The number of nitrogens with zero attached hydrogens (tertiary/aromatic N) is 3. The highest BCUT2D eigenvalue weighted by molar-refractivity contribution is 7.89. The third-order valence-corrected chi connectivity index (χ3v) is 5.89. The van der Waals surface area contributed by atoms with Gasteiger partial charge >= 0.3 is 0 Å². The number of ether oxygens (including phenoxy) is 2. The van der Waals surface area contributed by atoms with Crippen molar-refractivity contribution in [3.8, 4) is 0 Å². The summed E-state index contributed by atoms with van der Waals surface area (Å²) in [7, 11) is -1.76. The summed E-state index contributed by atoms with van der Waals surface area (Å²) >= 11 is 0. The number of hydrogen-bond donors (Lipinski definition) is 2. The summed E-state index contributed by atoms with van der Waals surface area (Å²) in [4.78, 5) is 18.2. The number of hydrogen-bond acceptors (Lipinski definition) is 6. The van der Waals surface area contributed by atoms with Crippen molar-refractivity contribution in [2.75, 3.05) is 71.9 Å². The lowest BCUT2D eigenvalue weighted by molar-refractivity contribution is -0.119. The Labute approximate surface area is 168 Å². The Hall–Kier alpha value is -1.43. The van der Waals surface area contributed by atoms with E-state index in [1.807, 2.05) is 25.7 Å². The average molecular weight is 422 g/mol. The third kappa shape index (κ3) is 9.18. The van der Waals surface area contributed by atoms with Crippen LogP contribution in [0.1, 0.15) is 20.8 Å². The number of nitrogens with one attached hydrogen (secondary N) is 2. The molecule has 1 aliphatic rings. The minimum absolute atomic E-state index is 0.0110. The molecule has 0 saturated carbocycles. The summed E-state index contributed by atoms with van der Waals surface area (Å²) in [5, 5.41) is 5.88. The molecule has 1 amide bonds. The van der Waals surface area contributed by atoms with Crippen LogP contribution in [-0.4, -0.2) is 107 Å². The van der Waals surface area contributed by atoms with Crippen molar-refractivity contribution in [3.63, 3.8) is 0 Å². The Morgan fingerprint density at radius 1 is 1.14 bits per heavy atom. The molecule has 28 heavy (non-hydrogen) atoms. The molecule has 0 aliphatic carbocycles. The molecule has 1 aliphatic heterocycles. The summed E-state index contributed by atoms with van der Waals surface area (Å²) < 4.78 is 36.6. The van der Waals surface area contributed by atoms with E-state index in [9.17, 15) is 13.2 Å². The smallest absolute Gasteiger partial charge is 0.241 e. The molecule has 1 saturated heterocycles. The SMILES string of the molecule is CCNC(=NCC(=O)NCCOC)N1CCN(S(=O)(=O)CCOC(C)C)CC1. The number of rotatable bonds is 11. The highest BCUT2D eigenvalue weighted by Crippen LogP contribution is 2.09. The fraction of sp³-hybridized carbons (Fsp3) is 0.882. The number of piperazine rings is 1. The molecule has 0 aromatic heterocycles. The lowest BCUT2D eigenvalue weighted by Crippen LogP contribution is -2.54. The van der Waals surface area contributed by atoms with Gasteiger partial charge in [0.1, 0.15) is 6.54 Å². The summed E-state index contributed by atoms with van der Waals surface area (Å²) in [6.45, 7) is 9.27. The molecule has 164 valence electrons. The van der Waals surface area contributed by atoms with Crippen molar-refractivity contribution < 1.29 is 22.7 Å². The van der Waals surface area contributed by atoms with Crippen LogP contribution in [0.2, 0.25) is 0 Å². The third-order valence-electron chi connectivity index (χ3n) is 4.06. The van der Waals surface area contributed by atoms with E-state index in [-0.39, 0.29) is 30.9 Å². The minimum Gasteiger partial charge on any atom is -0.383 e. The van der Waals surface area contributed by atoms with E-state index in [0.29, 0.717) is 51.8 Å². The molecular formula is C17H35N5O5S. The topological polar surface area (TPSA) is 113 Å². The number of sulfonamides is 1. The first-order valence-corrected chi connectivity index (χ1v) is 11.3. The number of aliphatic imine (C=N–C) groups is 1. The lowest BCUT2D eigenvalue weighted by Gasteiger charge is -2.35. The molecule has 10 nitrogen and oxygen atoms in total. The highest BCUT2D eigenvalue weighted by Gasteiger charge is 2.28. The predicted octanol–water partition coefficient (Wildman–Crippen LogP) is -0.913. The van der Waals surface area contributed by atoms with Crippen LogP contribution in [0.3, 0.4) is 0 Å². The van der Waals surface area contributed by atoms with E-state index >= 15 is 0 Å². The first kappa shape index (κ1) is 24.6. The fourth-order valence-corrected chi connectivity index (χ4v) is 3.90. The molecule has 0 radical (unpaired) electrons. The zero-order chi connectivity index (χ0) is 21.0. The molecule has 0 spiro atoms. The van der Waals surface area contributed by atoms with E-state index < -0.39 is 10.0 Å². The lowest BCUT2D eigenvalue weighted by atomic mass is 10.4. The van der Waals surface area contributed by atoms with Crippen LogP contribution >= 0.6 is 0 Å². The van der Waals surface area contributed by atoms with E-state index in [1.54, 1.807) is 7.11 Å². The van der Waals surface area contributed by atoms with Gasteiger partial charge in [-0.25, -0.2) is 13.4 Å². The van der Waals surface area contributed by atoms with Gasteiger partial charge in [0.25, 0.3) is 0 Å². The molecule has 2 N–H and O–H groups in total. The van der Waals surface area contributed by atoms with Crippen molar-refractivity contribution in [2.24, 2.45) is 4.99 Å². The van der Waals surface area contributed by atoms with Gasteiger partial charge in [0.2, 0.25) is 15.9 Å². The van der Waals surface area contributed by atoms with E-state index in [4.69, 9.17) is 9.47 Å². The van der Waals surface area contributed by atoms with Crippen LogP contribution in [0.25, 0.3) is 0 Å². The second kappa shape index (κ2) is 12.9. The molecule has 1 fully saturated rings. The zero-order valence-corrected chi connectivity index (χ0v) is 18.3. The number of guanidine groups is 1. The molecule has 0 bridgehead atoms. The molecule has 1 rings (SSSR count). The van der Waals surface area contributed by atoms with Crippen molar-refractivity contribution in [2.45, 2.75) is 26.9 Å². The maximum atomic E-state index is 12.4. The van der Waals surface area contributed by atoms with Gasteiger partial charge in [-0.05, 0) is 20.8 Å². The standard InChI is InChI=1S/C17H35N5O5S/c1-5-18-17(20-14-16(23)19-6-11-26-4)21-7-9-22(10-8-21)28(24,25)13-12-27-15(2)3/h15H,5-14H2,1-4H3,(H,18,20)(H,19,23). The fourth-order valence-electron chi connectivity index (χ4n) is 2.62. The summed E-state index contributed by atoms with van der Waals surface area (Å²) in [6, 6.07) is 0. The van der Waals surface area contributed by atoms with E-state index in [0.717, 1.165) is 0 Å². The van der Waals surface area contributed by atoms with Gasteiger partial charge < -0.3 is 25.0 Å². The van der Waals surface area contributed by atoms with Crippen LogP contribution in [-0.2, 0) is 24.3 Å². The minimum atomic E-state index is -3.33. The van der Waals surface area contributed by atoms with Gasteiger partial charge in [0, 0.05) is 46.4 Å². The largest absolute Gasteiger partial charge is 0.383 e. The van der Waals surface area contributed by atoms with E-state index in [2.05, 4.69) is 15.6 Å². The van der Waals surface area contributed by atoms with Crippen molar-refractivity contribution >= 4 is 21.9 Å². The van der Waals surface area contributed by atoms with Crippen molar-refractivity contribution in [1.29, 1.82) is 0 Å². The number of carbonyl (C=O) groups is 1. The highest BCUT2D eigenvalue weighted by atomic mass is 32.2. The summed E-state index contributed by atoms with van der Waals surface area (Å²) in [5.41, 5.74) is 0. The van der Waals surface area contributed by atoms with Crippen LogP contribution in [0.15, 0.2) is 4.99 Å².